The van der Waals surface area contributed by atoms with E-state index in [1.807, 2.05) is 0 Å². The van der Waals surface area contributed by atoms with Crippen LogP contribution < -0.4 is 0 Å². The molecule has 3 saturated carbocycles. The lowest BCUT2D eigenvalue weighted by Gasteiger charge is -2.23. The second-order valence-electron chi connectivity index (χ2n) is 9.89. The Morgan fingerprint density at radius 3 is 1.44 bits per heavy atom. The SMILES string of the molecule is C1CC2C3CCC(C3)C2C1.CCOC(=O)Cc1ccc(O)cc1.CCOC(=O)Cc1ccc(O)cc1. The molecule has 0 heterocycles. The fourth-order valence-corrected chi connectivity index (χ4v) is 6.00. The highest BCUT2D eigenvalue weighted by Gasteiger charge is 2.48. The van der Waals surface area contributed by atoms with Crippen LogP contribution in [-0.4, -0.2) is 35.4 Å². The summed E-state index contributed by atoms with van der Waals surface area (Å²) in [4.78, 5) is 22.0. The predicted molar refractivity (Wildman–Crippen MR) is 139 cm³/mol. The lowest BCUT2D eigenvalue weighted by molar-refractivity contribution is -0.143. The molecule has 2 N–H and O–H groups in total. The third kappa shape index (κ3) is 8.28. The number of fused-ring (bicyclic) bond motifs is 5. The van der Waals surface area contributed by atoms with Gasteiger partial charge in [0.25, 0.3) is 0 Å². The maximum atomic E-state index is 11.0. The number of benzene rings is 2. The van der Waals surface area contributed by atoms with E-state index in [1.165, 1.54) is 23.7 Å². The van der Waals surface area contributed by atoms with E-state index in [1.54, 1.807) is 101 Å². The summed E-state index contributed by atoms with van der Waals surface area (Å²) in [6.07, 6.45) is 10.1. The zero-order valence-corrected chi connectivity index (χ0v) is 21.5. The number of phenols is 2. The Kier molecular flexibility index (Phi) is 10.6. The molecular weight excluding hydrogens is 456 g/mol. The van der Waals surface area contributed by atoms with Gasteiger partial charge in [0, 0.05) is 0 Å². The number of carbonyl (C=O) groups is 2. The van der Waals surface area contributed by atoms with Crippen molar-refractivity contribution in [3.05, 3.63) is 59.7 Å². The summed E-state index contributed by atoms with van der Waals surface area (Å²) in [5.74, 6) is 4.72. The minimum Gasteiger partial charge on any atom is -0.508 e. The molecule has 0 aliphatic heterocycles. The van der Waals surface area contributed by atoms with Crippen molar-refractivity contribution in [1.29, 1.82) is 0 Å². The third-order valence-corrected chi connectivity index (χ3v) is 7.53. The van der Waals surface area contributed by atoms with Crippen molar-refractivity contribution >= 4 is 11.9 Å². The van der Waals surface area contributed by atoms with E-state index in [-0.39, 0.29) is 36.3 Å². The fraction of sp³-hybridized carbons (Fsp3) is 0.533. The molecule has 0 radical (unpaired) electrons. The number of aromatic hydroxyl groups is 2. The number of esters is 2. The van der Waals surface area contributed by atoms with Crippen molar-refractivity contribution in [2.45, 2.75) is 65.2 Å². The van der Waals surface area contributed by atoms with Gasteiger partial charge in [0.2, 0.25) is 0 Å². The Balaban J connectivity index is 0.000000151. The Morgan fingerprint density at radius 2 is 1.08 bits per heavy atom. The van der Waals surface area contributed by atoms with Crippen molar-refractivity contribution in [3.63, 3.8) is 0 Å². The average molecular weight is 497 g/mol. The monoisotopic (exact) mass is 496 g/mol. The molecule has 0 amide bonds. The van der Waals surface area contributed by atoms with Crippen LogP contribution in [0.1, 0.15) is 63.5 Å². The minimum atomic E-state index is -0.242. The maximum absolute atomic E-state index is 11.0. The topological polar surface area (TPSA) is 93.1 Å². The number of ether oxygens (including phenoxy) is 2. The Morgan fingerprint density at radius 1 is 0.694 bits per heavy atom. The van der Waals surface area contributed by atoms with Crippen molar-refractivity contribution in [2.24, 2.45) is 23.7 Å². The van der Waals surface area contributed by atoms with Gasteiger partial charge < -0.3 is 19.7 Å². The van der Waals surface area contributed by atoms with E-state index in [4.69, 9.17) is 19.7 Å². The molecule has 3 aliphatic rings. The first-order valence-electron chi connectivity index (χ1n) is 13.3. The van der Waals surface area contributed by atoms with Crippen LogP contribution >= 0.6 is 0 Å². The minimum absolute atomic E-state index is 0.201. The summed E-state index contributed by atoms with van der Waals surface area (Å²) >= 11 is 0. The summed E-state index contributed by atoms with van der Waals surface area (Å²) < 4.78 is 9.55. The van der Waals surface area contributed by atoms with E-state index >= 15 is 0 Å². The van der Waals surface area contributed by atoms with Crippen LogP contribution in [0.2, 0.25) is 0 Å². The van der Waals surface area contributed by atoms with Gasteiger partial charge in [-0.25, -0.2) is 0 Å². The maximum Gasteiger partial charge on any atom is 0.310 e. The summed E-state index contributed by atoms with van der Waals surface area (Å²) in [5, 5.41) is 18.0. The molecule has 2 aromatic rings. The second-order valence-corrected chi connectivity index (χ2v) is 9.89. The first-order valence-corrected chi connectivity index (χ1v) is 13.3. The van der Waals surface area contributed by atoms with Gasteiger partial charge in [0.1, 0.15) is 11.5 Å². The van der Waals surface area contributed by atoms with Gasteiger partial charge >= 0.3 is 11.9 Å². The third-order valence-electron chi connectivity index (χ3n) is 7.53. The van der Waals surface area contributed by atoms with E-state index in [9.17, 15) is 9.59 Å². The van der Waals surface area contributed by atoms with E-state index in [2.05, 4.69) is 0 Å². The molecule has 5 rings (SSSR count). The van der Waals surface area contributed by atoms with Crippen LogP contribution in [0, 0.1) is 23.7 Å². The molecule has 36 heavy (non-hydrogen) atoms. The van der Waals surface area contributed by atoms with Gasteiger partial charge in [0.05, 0.1) is 26.1 Å². The Labute approximate surface area is 214 Å². The Hall–Kier alpha value is -3.02. The molecule has 0 saturated heterocycles. The second kappa shape index (κ2) is 13.9. The van der Waals surface area contributed by atoms with Gasteiger partial charge in [-0.1, -0.05) is 30.7 Å². The van der Waals surface area contributed by atoms with Gasteiger partial charge in [0.15, 0.2) is 0 Å². The number of hydrogen-bond acceptors (Lipinski definition) is 6. The molecule has 196 valence electrons. The largest absolute Gasteiger partial charge is 0.508 e. The molecule has 2 aromatic carbocycles. The summed E-state index contributed by atoms with van der Waals surface area (Å²) in [5.41, 5.74) is 1.69. The first kappa shape index (κ1) is 27.6. The van der Waals surface area contributed by atoms with Gasteiger partial charge in [-0.05, 0) is 105 Å². The lowest BCUT2D eigenvalue weighted by atomic mass is 9.82. The molecule has 0 aromatic heterocycles. The van der Waals surface area contributed by atoms with Crippen LogP contribution in [0.5, 0.6) is 11.5 Å². The van der Waals surface area contributed by atoms with Crippen molar-refractivity contribution in [3.8, 4) is 11.5 Å². The molecule has 3 fully saturated rings. The number of phenolic OH excluding ortho intramolecular Hbond substituents is 2. The zero-order chi connectivity index (χ0) is 25.9. The van der Waals surface area contributed by atoms with Crippen LogP contribution in [-0.2, 0) is 31.9 Å². The smallest absolute Gasteiger partial charge is 0.310 e. The average Bonchev–Trinajstić information content (AvgIpc) is 3.59. The van der Waals surface area contributed by atoms with Crippen molar-refractivity contribution in [1.82, 2.24) is 0 Å². The number of carbonyl (C=O) groups excluding carboxylic acids is 2. The normalized spacial score (nSPS) is 22.9. The van der Waals surface area contributed by atoms with Gasteiger partial charge in [-0.15, -0.1) is 0 Å². The summed E-state index contributed by atoms with van der Waals surface area (Å²) in [6.45, 7) is 4.34. The number of rotatable bonds is 6. The van der Waals surface area contributed by atoms with Crippen molar-refractivity contribution in [2.75, 3.05) is 13.2 Å². The van der Waals surface area contributed by atoms with Crippen LogP contribution in [0.15, 0.2) is 48.5 Å². The first-order chi connectivity index (χ1) is 17.4. The quantitative estimate of drug-likeness (QED) is 0.489. The van der Waals surface area contributed by atoms with E-state index in [0.717, 1.165) is 11.1 Å². The van der Waals surface area contributed by atoms with Crippen LogP contribution in [0.3, 0.4) is 0 Å². The lowest BCUT2D eigenvalue weighted by Crippen LogP contribution is -2.15. The highest BCUT2D eigenvalue weighted by atomic mass is 16.5. The predicted octanol–water partition coefficient (Wildman–Crippen LogP) is 5.83. The van der Waals surface area contributed by atoms with Crippen LogP contribution in [0.25, 0.3) is 0 Å². The highest BCUT2D eigenvalue weighted by molar-refractivity contribution is 5.73. The molecule has 6 heteroatoms. The fourth-order valence-electron chi connectivity index (χ4n) is 6.00. The molecule has 0 spiro atoms. The molecule has 2 bridgehead atoms. The highest BCUT2D eigenvalue weighted by Crippen LogP contribution is 2.58. The Bertz CT molecular complexity index is 875. The van der Waals surface area contributed by atoms with E-state index < -0.39 is 0 Å². The standard InChI is InChI=1S/2C10H12O3.C10H16/c2*1-2-13-10(12)7-8-3-5-9(11)6-4-8;1-2-9-7-4-5-8(6-7)10(9)3-1/h2*3-6,11H,2,7H2,1H3;7-10H,1-6H2. The molecule has 6 nitrogen and oxygen atoms in total. The molecule has 3 aliphatic carbocycles. The van der Waals surface area contributed by atoms with E-state index in [0.29, 0.717) is 13.2 Å². The molecular formula is C30H40O6. The van der Waals surface area contributed by atoms with Gasteiger partial charge in [-0.3, -0.25) is 9.59 Å². The van der Waals surface area contributed by atoms with Crippen LogP contribution in [0.4, 0.5) is 0 Å². The number of hydrogen-bond donors (Lipinski definition) is 2. The summed E-state index contributed by atoms with van der Waals surface area (Å²) in [7, 11) is 0. The molecule has 4 unspecified atom stereocenters. The zero-order valence-electron chi connectivity index (χ0n) is 21.5. The summed E-state index contributed by atoms with van der Waals surface area (Å²) in [6, 6.07) is 13.0. The molecule has 4 atom stereocenters. The van der Waals surface area contributed by atoms with Gasteiger partial charge in [-0.2, -0.15) is 0 Å². The van der Waals surface area contributed by atoms with Crippen molar-refractivity contribution < 1.29 is 29.3 Å².